The fraction of sp³-hybridized carbons (Fsp3) is 0.105. The molecule has 0 aliphatic carbocycles. The molecule has 0 saturated heterocycles. The van der Waals surface area contributed by atoms with Crippen LogP contribution in [0, 0.1) is 11.8 Å². The number of esters is 2. The van der Waals surface area contributed by atoms with Crippen molar-refractivity contribution < 1.29 is 23.9 Å². The summed E-state index contributed by atoms with van der Waals surface area (Å²) in [5.41, 5.74) is 1.62. The van der Waals surface area contributed by atoms with E-state index in [1.54, 1.807) is 12.1 Å². The molecule has 0 unspecified atom stereocenters. The summed E-state index contributed by atoms with van der Waals surface area (Å²) in [7, 11) is 0. The van der Waals surface area contributed by atoms with Crippen LogP contribution in [0.1, 0.15) is 31.8 Å². The molecule has 0 spiro atoms. The molecular formula is C19H13NO5. The standard InChI is InChI=1S/C19H13NO5/c21-17-15-10-4-8-14(16(15)18(22)25-17)9-5-11-20-19(23)24-12-13-6-2-1-3-7-13/h1-4,6-8,10H,11-12H2,(H,20,23). The maximum absolute atomic E-state index is 11.7. The summed E-state index contributed by atoms with van der Waals surface area (Å²) in [5, 5.41) is 2.49. The van der Waals surface area contributed by atoms with Gasteiger partial charge in [-0.25, -0.2) is 14.4 Å². The zero-order valence-electron chi connectivity index (χ0n) is 13.1. The van der Waals surface area contributed by atoms with Gasteiger partial charge in [-0.15, -0.1) is 0 Å². The van der Waals surface area contributed by atoms with Crippen molar-refractivity contribution >= 4 is 18.0 Å². The Bertz CT molecular complexity index is 893. The summed E-state index contributed by atoms with van der Waals surface area (Å²) < 4.78 is 9.60. The van der Waals surface area contributed by atoms with Gasteiger partial charge in [-0.3, -0.25) is 0 Å². The van der Waals surface area contributed by atoms with Crippen LogP contribution in [0.3, 0.4) is 0 Å². The van der Waals surface area contributed by atoms with Gasteiger partial charge in [0, 0.05) is 5.56 Å². The quantitative estimate of drug-likeness (QED) is 0.529. The van der Waals surface area contributed by atoms with Crippen LogP contribution >= 0.6 is 0 Å². The third-order valence-corrected chi connectivity index (χ3v) is 3.43. The number of ether oxygens (including phenoxy) is 2. The first kappa shape index (κ1) is 16.3. The predicted molar refractivity (Wildman–Crippen MR) is 87.7 cm³/mol. The highest BCUT2D eigenvalue weighted by Crippen LogP contribution is 2.22. The summed E-state index contributed by atoms with van der Waals surface area (Å²) in [6.07, 6.45) is -0.592. The molecule has 0 atom stereocenters. The van der Waals surface area contributed by atoms with Gasteiger partial charge in [0.2, 0.25) is 0 Å². The molecule has 0 radical (unpaired) electrons. The average Bonchev–Trinajstić information content (AvgIpc) is 2.93. The molecule has 1 N–H and O–H groups in total. The van der Waals surface area contributed by atoms with Gasteiger partial charge in [-0.2, -0.15) is 0 Å². The second kappa shape index (κ2) is 7.32. The number of fused-ring (bicyclic) bond motifs is 1. The molecule has 0 saturated carbocycles. The lowest BCUT2D eigenvalue weighted by Gasteiger charge is -2.04. The normalized spacial score (nSPS) is 11.8. The van der Waals surface area contributed by atoms with Crippen LogP contribution in [0.15, 0.2) is 48.5 Å². The van der Waals surface area contributed by atoms with Gasteiger partial charge in [0.25, 0.3) is 0 Å². The van der Waals surface area contributed by atoms with Crippen LogP contribution in [0.5, 0.6) is 0 Å². The largest absolute Gasteiger partial charge is 0.445 e. The molecule has 1 aliphatic heterocycles. The maximum atomic E-state index is 11.7. The van der Waals surface area contributed by atoms with Crippen LogP contribution in [-0.2, 0) is 16.1 Å². The molecule has 2 aromatic rings. The van der Waals surface area contributed by atoms with Crippen molar-refractivity contribution in [3.8, 4) is 11.8 Å². The van der Waals surface area contributed by atoms with Crippen molar-refractivity contribution in [2.75, 3.05) is 6.54 Å². The van der Waals surface area contributed by atoms with Gasteiger partial charge in [-0.1, -0.05) is 48.2 Å². The van der Waals surface area contributed by atoms with Gasteiger partial charge in [0.15, 0.2) is 0 Å². The second-order valence-corrected chi connectivity index (χ2v) is 5.12. The van der Waals surface area contributed by atoms with E-state index in [0.29, 0.717) is 5.56 Å². The Morgan fingerprint density at radius 2 is 1.84 bits per heavy atom. The summed E-state index contributed by atoms with van der Waals surface area (Å²) in [6, 6.07) is 14.0. The van der Waals surface area contributed by atoms with E-state index in [0.717, 1.165) is 5.56 Å². The van der Waals surface area contributed by atoms with Crippen molar-refractivity contribution in [1.29, 1.82) is 0 Å². The van der Waals surface area contributed by atoms with E-state index in [1.165, 1.54) is 6.07 Å². The van der Waals surface area contributed by atoms with Crippen LogP contribution in [0.25, 0.3) is 0 Å². The summed E-state index contributed by atoms with van der Waals surface area (Å²) in [6.45, 7) is 0.209. The number of nitrogens with one attached hydrogen (secondary N) is 1. The van der Waals surface area contributed by atoms with Crippen LogP contribution in [0.2, 0.25) is 0 Å². The number of carbonyl (C=O) groups is 3. The highest BCUT2D eigenvalue weighted by molar-refractivity contribution is 6.15. The number of cyclic esters (lactones) is 2. The zero-order chi connectivity index (χ0) is 17.6. The molecule has 1 aliphatic rings. The monoisotopic (exact) mass is 335 g/mol. The van der Waals surface area contributed by atoms with Crippen molar-refractivity contribution in [2.24, 2.45) is 0 Å². The molecule has 25 heavy (non-hydrogen) atoms. The van der Waals surface area contributed by atoms with Crippen molar-refractivity contribution in [2.45, 2.75) is 6.61 Å². The van der Waals surface area contributed by atoms with E-state index in [9.17, 15) is 14.4 Å². The fourth-order valence-electron chi connectivity index (χ4n) is 2.27. The molecule has 6 heteroatoms. The highest BCUT2D eigenvalue weighted by atomic mass is 16.6. The fourth-order valence-corrected chi connectivity index (χ4v) is 2.27. The van der Waals surface area contributed by atoms with Gasteiger partial charge in [0.05, 0.1) is 17.7 Å². The Morgan fingerprint density at radius 1 is 1.04 bits per heavy atom. The Kier molecular flexibility index (Phi) is 4.77. The number of hydrogen-bond donors (Lipinski definition) is 1. The van der Waals surface area contributed by atoms with Crippen LogP contribution < -0.4 is 5.32 Å². The average molecular weight is 335 g/mol. The van der Waals surface area contributed by atoms with Crippen molar-refractivity contribution in [1.82, 2.24) is 5.32 Å². The van der Waals surface area contributed by atoms with E-state index in [2.05, 4.69) is 21.9 Å². The van der Waals surface area contributed by atoms with E-state index in [4.69, 9.17) is 4.74 Å². The van der Waals surface area contributed by atoms with E-state index in [1.807, 2.05) is 30.3 Å². The summed E-state index contributed by atoms with van der Waals surface area (Å²) >= 11 is 0. The summed E-state index contributed by atoms with van der Waals surface area (Å²) in [5.74, 6) is 4.08. The molecule has 1 amide bonds. The minimum atomic E-state index is -0.708. The third-order valence-electron chi connectivity index (χ3n) is 3.43. The number of alkyl carbamates (subject to hydrolysis) is 1. The van der Waals surface area contributed by atoms with Gasteiger partial charge in [-0.05, 0) is 17.7 Å². The minimum Gasteiger partial charge on any atom is -0.445 e. The van der Waals surface area contributed by atoms with E-state index in [-0.39, 0.29) is 24.3 Å². The zero-order valence-corrected chi connectivity index (χ0v) is 13.1. The molecule has 6 nitrogen and oxygen atoms in total. The molecule has 124 valence electrons. The SMILES string of the molecule is O=C(NCC#Cc1cccc2c1C(=O)OC2=O)OCc1ccccc1. The predicted octanol–water partition coefficient (Wildman–Crippen LogP) is 2.28. The maximum Gasteiger partial charge on any atom is 0.408 e. The molecule has 1 heterocycles. The van der Waals surface area contributed by atoms with Crippen molar-refractivity contribution in [3.05, 3.63) is 70.8 Å². The number of amides is 1. The summed E-state index contributed by atoms with van der Waals surface area (Å²) in [4.78, 5) is 34.7. The van der Waals surface area contributed by atoms with E-state index >= 15 is 0 Å². The number of hydrogen-bond acceptors (Lipinski definition) is 5. The molecule has 0 fully saturated rings. The minimum absolute atomic E-state index is 0.0419. The number of rotatable bonds is 3. The topological polar surface area (TPSA) is 81.7 Å². The van der Waals surface area contributed by atoms with Crippen molar-refractivity contribution in [3.63, 3.8) is 0 Å². The first-order valence-corrected chi connectivity index (χ1v) is 7.48. The lowest BCUT2D eigenvalue weighted by Crippen LogP contribution is -2.24. The molecule has 2 aromatic carbocycles. The Labute approximate surface area is 143 Å². The first-order valence-electron chi connectivity index (χ1n) is 7.48. The van der Waals surface area contributed by atoms with Gasteiger partial charge >= 0.3 is 18.0 Å². The molecule has 0 aromatic heterocycles. The Balaban J connectivity index is 1.55. The molecule has 3 rings (SSSR count). The lowest BCUT2D eigenvalue weighted by molar-refractivity contribution is 0.0443. The van der Waals surface area contributed by atoms with Crippen LogP contribution in [-0.4, -0.2) is 24.6 Å². The van der Waals surface area contributed by atoms with Gasteiger partial charge < -0.3 is 14.8 Å². The Morgan fingerprint density at radius 3 is 2.64 bits per heavy atom. The van der Waals surface area contributed by atoms with Gasteiger partial charge in [0.1, 0.15) is 6.61 Å². The lowest BCUT2D eigenvalue weighted by atomic mass is 10.0. The Hall–Kier alpha value is -3.59. The number of benzene rings is 2. The molecule has 0 bridgehead atoms. The first-order chi connectivity index (χ1) is 12.1. The molecular weight excluding hydrogens is 322 g/mol. The van der Waals surface area contributed by atoms with E-state index < -0.39 is 18.0 Å². The highest BCUT2D eigenvalue weighted by Gasteiger charge is 2.31. The second-order valence-electron chi connectivity index (χ2n) is 5.12. The third kappa shape index (κ3) is 3.85. The smallest absolute Gasteiger partial charge is 0.408 e. The number of carbonyl (C=O) groups excluding carboxylic acids is 3. The van der Waals surface area contributed by atoms with Crippen LogP contribution in [0.4, 0.5) is 4.79 Å².